The quantitative estimate of drug-likeness (QED) is 0.671. The monoisotopic (exact) mass is 426 g/mol. The lowest BCUT2D eigenvalue weighted by atomic mass is 9.99. The molecule has 1 fully saturated rings. The van der Waals surface area contributed by atoms with Gasteiger partial charge in [-0.25, -0.2) is 9.59 Å². The van der Waals surface area contributed by atoms with E-state index in [1.165, 1.54) is 6.07 Å². The number of carboxylic acid groups (broad SMARTS) is 1. The van der Waals surface area contributed by atoms with Crippen molar-refractivity contribution in [3.05, 3.63) is 47.1 Å². The SMILES string of the molecule is CCNC(=O)N1CCCN(c2ccc(C(=O)O)cc2NC(=O)C2=CC(C)=CCC2)CC1. The number of amides is 3. The number of hydrogen-bond donors (Lipinski definition) is 3. The standard InChI is InChI=1S/C23H30N4O4/c1-3-24-23(31)27-11-5-10-26(12-13-27)20-9-8-18(22(29)30)15-19(20)25-21(28)17-7-4-6-16(2)14-17/h6,8-9,14-15H,3-5,7,10-13H2,1-2H3,(H,24,31)(H,25,28)(H,29,30). The zero-order chi connectivity index (χ0) is 22.4. The first kappa shape index (κ1) is 22.4. The highest BCUT2D eigenvalue weighted by molar-refractivity contribution is 6.06. The van der Waals surface area contributed by atoms with Crippen molar-refractivity contribution in [3.63, 3.8) is 0 Å². The van der Waals surface area contributed by atoms with Gasteiger partial charge in [-0.15, -0.1) is 0 Å². The fourth-order valence-electron chi connectivity index (χ4n) is 3.91. The number of carbonyl (C=O) groups excluding carboxylic acids is 2. The maximum absolute atomic E-state index is 12.9. The van der Waals surface area contributed by atoms with Gasteiger partial charge in [0.05, 0.1) is 16.9 Å². The summed E-state index contributed by atoms with van der Waals surface area (Å²) in [4.78, 5) is 40.5. The van der Waals surface area contributed by atoms with Crippen LogP contribution in [0.4, 0.5) is 16.2 Å². The molecule has 2 aliphatic rings. The molecule has 8 heteroatoms. The number of carboxylic acids is 1. The number of anilines is 2. The third-order valence-corrected chi connectivity index (χ3v) is 5.52. The van der Waals surface area contributed by atoms with E-state index in [2.05, 4.69) is 21.6 Å². The summed E-state index contributed by atoms with van der Waals surface area (Å²) in [5.41, 5.74) is 3.09. The van der Waals surface area contributed by atoms with E-state index in [0.717, 1.165) is 24.1 Å². The third-order valence-electron chi connectivity index (χ3n) is 5.52. The van der Waals surface area contributed by atoms with Crippen LogP contribution in [0.2, 0.25) is 0 Å². The number of nitrogens with zero attached hydrogens (tertiary/aromatic N) is 2. The van der Waals surface area contributed by atoms with Crippen molar-refractivity contribution >= 4 is 29.3 Å². The molecule has 166 valence electrons. The van der Waals surface area contributed by atoms with Crippen molar-refractivity contribution < 1.29 is 19.5 Å². The van der Waals surface area contributed by atoms with E-state index in [9.17, 15) is 19.5 Å². The molecule has 0 bridgehead atoms. The van der Waals surface area contributed by atoms with Gasteiger partial charge in [0, 0.05) is 38.3 Å². The molecule has 0 atom stereocenters. The van der Waals surface area contributed by atoms with Crippen LogP contribution < -0.4 is 15.5 Å². The summed E-state index contributed by atoms with van der Waals surface area (Å²) in [5.74, 6) is -1.26. The number of hydrogen-bond acceptors (Lipinski definition) is 4. The average molecular weight is 427 g/mol. The van der Waals surface area contributed by atoms with Gasteiger partial charge >= 0.3 is 12.0 Å². The van der Waals surface area contributed by atoms with Crippen LogP contribution in [-0.4, -0.2) is 60.6 Å². The van der Waals surface area contributed by atoms with E-state index in [1.54, 1.807) is 17.0 Å². The summed E-state index contributed by atoms with van der Waals surface area (Å²) >= 11 is 0. The lowest BCUT2D eigenvalue weighted by Gasteiger charge is -2.26. The van der Waals surface area contributed by atoms with Gasteiger partial charge < -0.3 is 25.5 Å². The Morgan fingerprint density at radius 1 is 1.13 bits per heavy atom. The average Bonchev–Trinajstić information content (AvgIpc) is 3.00. The smallest absolute Gasteiger partial charge is 0.335 e. The van der Waals surface area contributed by atoms with E-state index in [4.69, 9.17) is 0 Å². The van der Waals surface area contributed by atoms with Crippen molar-refractivity contribution in [1.29, 1.82) is 0 Å². The normalized spacial score (nSPS) is 16.7. The Kier molecular flexibility index (Phi) is 7.33. The number of aromatic carboxylic acids is 1. The molecule has 3 rings (SSSR count). The van der Waals surface area contributed by atoms with Crippen LogP contribution in [0.3, 0.4) is 0 Å². The van der Waals surface area contributed by atoms with Crippen molar-refractivity contribution in [3.8, 4) is 0 Å². The van der Waals surface area contributed by atoms with E-state index < -0.39 is 5.97 Å². The molecule has 0 aromatic heterocycles. The molecule has 1 aliphatic carbocycles. The Hall–Kier alpha value is -3.29. The molecule has 0 radical (unpaired) electrons. The van der Waals surface area contributed by atoms with Crippen LogP contribution >= 0.6 is 0 Å². The minimum atomic E-state index is -1.05. The zero-order valence-electron chi connectivity index (χ0n) is 18.1. The molecular formula is C23H30N4O4. The summed E-state index contributed by atoms with van der Waals surface area (Å²) in [6, 6.07) is 4.72. The molecule has 3 N–H and O–H groups in total. The Balaban J connectivity index is 1.83. The Labute approximate surface area is 182 Å². The molecule has 31 heavy (non-hydrogen) atoms. The van der Waals surface area contributed by atoms with Gasteiger partial charge in [-0.3, -0.25) is 4.79 Å². The first-order chi connectivity index (χ1) is 14.9. The summed E-state index contributed by atoms with van der Waals surface area (Å²) in [6.07, 6.45) is 6.21. The van der Waals surface area contributed by atoms with Crippen LogP contribution in [0.5, 0.6) is 0 Å². The molecule has 0 spiro atoms. The van der Waals surface area contributed by atoms with Crippen molar-refractivity contribution in [2.75, 3.05) is 42.9 Å². The van der Waals surface area contributed by atoms with Gasteiger partial charge in [0.1, 0.15) is 0 Å². The first-order valence-electron chi connectivity index (χ1n) is 10.7. The van der Waals surface area contributed by atoms with Crippen molar-refractivity contribution in [2.45, 2.75) is 33.1 Å². The van der Waals surface area contributed by atoms with E-state index in [-0.39, 0.29) is 17.5 Å². The molecule has 0 unspecified atom stereocenters. The first-order valence-corrected chi connectivity index (χ1v) is 10.7. The van der Waals surface area contributed by atoms with Gasteiger partial charge in [-0.2, -0.15) is 0 Å². The zero-order valence-corrected chi connectivity index (χ0v) is 18.1. The summed E-state index contributed by atoms with van der Waals surface area (Å²) in [5, 5.41) is 15.2. The van der Waals surface area contributed by atoms with Crippen molar-refractivity contribution in [2.24, 2.45) is 0 Å². The number of benzene rings is 1. The highest BCUT2D eigenvalue weighted by Gasteiger charge is 2.22. The topological polar surface area (TPSA) is 102 Å². The molecule has 0 saturated carbocycles. The highest BCUT2D eigenvalue weighted by atomic mass is 16.4. The van der Waals surface area contributed by atoms with Crippen molar-refractivity contribution in [1.82, 2.24) is 10.2 Å². The second-order valence-electron chi connectivity index (χ2n) is 7.81. The van der Waals surface area contributed by atoms with Crippen LogP contribution in [0, 0.1) is 0 Å². The maximum Gasteiger partial charge on any atom is 0.335 e. The fourth-order valence-corrected chi connectivity index (χ4v) is 3.91. The van der Waals surface area contributed by atoms with Gasteiger partial charge in [0.2, 0.25) is 0 Å². The number of allylic oxidation sites excluding steroid dienone is 3. The highest BCUT2D eigenvalue weighted by Crippen LogP contribution is 2.30. The largest absolute Gasteiger partial charge is 0.478 e. The van der Waals surface area contributed by atoms with Gasteiger partial charge in [0.15, 0.2) is 0 Å². The summed E-state index contributed by atoms with van der Waals surface area (Å²) < 4.78 is 0. The molecule has 1 heterocycles. The number of nitrogens with one attached hydrogen (secondary N) is 2. The van der Waals surface area contributed by atoms with E-state index in [0.29, 0.717) is 50.4 Å². The minimum Gasteiger partial charge on any atom is -0.478 e. The number of urea groups is 1. The maximum atomic E-state index is 12.9. The molecule has 3 amide bonds. The van der Waals surface area contributed by atoms with Gasteiger partial charge in [-0.05, 0) is 51.3 Å². The number of carbonyl (C=O) groups is 3. The van der Waals surface area contributed by atoms with E-state index >= 15 is 0 Å². The molecule has 1 aromatic carbocycles. The molecule has 1 aromatic rings. The second-order valence-corrected chi connectivity index (χ2v) is 7.81. The molecule has 1 saturated heterocycles. The predicted molar refractivity (Wildman–Crippen MR) is 121 cm³/mol. The Morgan fingerprint density at radius 3 is 2.65 bits per heavy atom. The summed E-state index contributed by atoms with van der Waals surface area (Å²) in [7, 11) is 0. The lowest BCUT2D eigenvalue weighted by molar-refractivity contribution is -0.113. The van der Waals surface area contributed by atoms with Gasteiger partial charge in [0.25, 0.3) is 5.91 Å². The van der Waals surface area contributed by atoms with Gasteiger partial charge in [-0.1, -0.05) is 17.7 Å². The molecular weight excluding hydrogens is 396 g/mol. The number of rotatable bonds is 5. The minimum absolute atomic E-state index is 0.0771. The molecule has 8 nitrogen and oxygen atoms in total. The van der Waals surface area contributed by atoms with Crippen LogP contribution in [0.15, 0.2) is 41.5 Å². The summed E-state index contributed by atoms with van der Waals surface area (Å²) in [6.45, 7) is 6.93. The molecule has 1 aliphatic heterocycles. The predicted octanol–water partition coefficient (Wildman–Crippen LogP) is 3.23. The Morgan fingerprint density at radius 2 is 1.94 bits per heavy atom. The third kappa shape index (κ3) is 5.65. The van der Waals surface area contributed by atoms with Crippen LogP contribution in [0.1, 0.15) is 43.5 Å². The lowest BCUT2D eigenvalue weighted by Crippen LogP contribution is -2.42. The van der Waals surface area contributed by atoms with Crippen LogP contribution in [0.25, 0.3) is 0 Å². The second kappa shape index (κ2) is 10.1. The van der Waals surface area contributed by atoms with Crippen LogP contribution in [-0.2, 0) is 4.79 Å². The fraction of sp³-hybridized carbons (Fsp3) is 0.435. The van der Waals surface area contributed by atoms with E-state index in [1.807, 2.05) is 19.9 Å². The Bertz CT molecular complexity index is 922.